The highest BCUT2D eigenvalue weighted by Gasteiger charge is 2.27. The summed E-state index contributed by atoms with van der Waals surface area (Å²) >= 11 is 0. The molecule has 2 heterocycles. The Bertz CT molecular complexity index is 755. The Labute approximate surface area is 140 Å². The van der Waals surface area contributed by atoms with E-state index in [2.05, 4.69) is 18.8 Å². The standard InChI is InChI=1S/C18H21FN2O3/c1-11(2)3-6-17-20-14-10-21(8-7-16(14)24-17)18(23)13-5-4-12(19)9-15(13)22/h4-5,9,11,22H,3,6-8,10H2,1-2H3. The van der Waals surface area contributed by atoms with Gasteiger partial charge >= 0.3 is 0 Å². The average Bonchev–Trinajstić information content (AvgIpc) is 2.94. The molecule has 0 saturated carbocycles. The molecular weight excluding hydrogens is 311 g/mol. The number of carbonyl (C=O) groups excluding carboxylic acids is 1. The van der Waals surface area contributed by atoms with E-state index in [4.69, 9.17) is 4.42 Å². The van der Waals surface area contributed by atoms with Crippen molar-refractivity contribution in [3.05, 3.63) is 46.9 Å². The molecular formula is C18H21FN2O3. The molecule has 0 aliphatic carbocycles. The van der Waals surface area contributed by atoms with Crippen LogP contribution in [0.1, 0.15) is 48.0 Å². The fourth-order valence-corrected chi connectivity index (χ4v) is 2.80. The minimum atomic E-state index is -0.573. The lowest BCUT2D eigenvalue weighted by molar-refractivity contribution is 0.0724. The first kappa shape index (κ1) is 16.5. The molecule has 0 radical (unpaired) electrons. The summed E-state index contributed by atoms with van der Waals surface area (Å²) in [6.07, 6.45) is 2.39. The fourth-order valence-electron chi connectivity index (χ4n) is 2.80. The van der Waals surface area contributed by atoms with Gasteiger partial charge in [-0.3, -0.25) is 4.79 Å². The number of fused-ring (bicyclic) bond motifs is 1. The number of carbonyl (C=O) groups is 1. The normalized spacial score (nSPS) is 14.1. The van der Waals surface area contributed by atoms with Crippen LogP contribution in [0.25, 0.3) is 0 Å². The van der Waals surface area contributed by atoms with E-state index in [1.165, 1.54) is 12.1 Å². The van der Waals surface area contributed by atoms with Crippen LogP contribution < -0.4 is 0 Å². The van der Waals surface area contributed by atoms with E-state index in [0.717, 1.165) is 30.4 Å². The van der Waals surface area contributed by atoms with Gasteiger partial charge in [-0.05, 0) is 24.5 Å². The highest BCUT2D eigenvalue weighted by Crippen LogP contribution is 2.25. The minimum Gasteiger partial charge on any atom is -0.507 e. The minimum absolute atomic E-state index is 0.100. The van der Waals surface area contributed by atoms with Crippen LogP contribution in [-0.4, -0.2) is 27.4 Å². The monoisotopic (exact) mass is 332 g/mol. The Morgan fingerprint density at radius 3 is 2.96 bits per heavy atom. The number of nitrogens with zero attached hydrogens (tertiary/aromatic N) is 2. The number of phenolic OH excluding ortho intramolecular Hbond substituents is 1. The smallest absolute Gasteiger partial charge is 0.257 e. The van der Waals surface area contributed by atoms with Gasteiger partial charge in [-0.2, -0.15) is 0 Å². The summed E-state index contributed by atoms with van der Waals surface area (Å²) in [6.45, 7) is 5.13. The van der Waals surface area contributed by atoms with Gasteiger partial charge in [0.15, 0.2) is 5.89 Å². The summed E-state index contributed by atoms with van der Waals surface area (Å²) in [5, 5.41) is 9.79. The van der Waals surface area contributed by atoms with E-state index in [-0.39, 0.29) is 17.2 Å². The van der Waals surface area contributed by atoms with Crippen LogP contribution in [0.5, 0.6) is 5.75 Å². The quantitative estimate of drug-likeness (QED) is 0.933. The van der Waals surface area contributed by atoms with Crippen molar-refractivity contribution >= 4 is 5.91 Å². The molecule has 2 aromatic rings. The third-order valence-corrected chi connectivity index (χ3v) is 4.18. The lowest BCUT2D eigenvalue weighted by Gasteiger charge is -2.25. The average molecular weight is 332 g/mol. The number of benzene rings is 1. The van der Waals surface area contributed by atoms with E-state index in [9.17, 15) is 14.3 Å². The molecule has 3 rings (SSSR count). The largest absolute Gasteiger partial charge is 0.507 e. The lowest BCUT2D eigenvalue weighted by Crippen LogP contribution is -2.35. The molecule has 1 N–H and O–H groups in total. The van der Waals surface area contributed by atoms with Crippen LogP contribution in [0.3, 0.4) is 0 Å². The molecule has 5 nitrogen and oxygen atoms in total. The zero-order valence-electron chi connectivity index (χ0n) is 13.9. The Morgan fingerprint density at radius 1 is 1.46 bits per heavy atom. The van der Waals surface area contributed by atoms with Crippen molar-refractivity contribution in [3.8, 4) is 5.75 Å². The van der Waals surface area contributed by atoms with Crippen molar-refractivity contribution in [2.24, 2.45) is 5.92 Å². The molecule has 1 aliphatic heterocycles. The van der Waals surface area contributed by atoms with Gasteiger partial charge in [0.05, 0.1) is 12.1 Å². The molecule has 0 unspecified atom stereocenters. The maximum Gasteiger partial charge on any atom is 0.257 e. The summed E-state index contributed by atoms with van der Waals surface area (Å²) in [5.74, 6) is 0.881. The molecule has 0 spiro atoms. The maximum absolute atomic E-state index is 13.1. The summed E-state index contributed by atoms with van der Waals surface area (Å²) in [4.78, 5) is 18.7. The highest BCUT2D eigenvalue weighted by molar-refractivity contribution is 5.96. The molecule has 6 heteroatoms. The first-order valence-corrected chi connectivity index (χ1v) is 8.19. The van der Waals surface area contributed by atoms with Crippen molar-refractivity contribution in [1.82, 2.24) is 9.88 Å². The van der Waals surface area contributed by atoms with Gasteiger partial charge in [-0.1, -0.05) is 13.8 Å². The van der Waals surface area contributed by atoms with Crippen LogP contribution in [0.4, 0.5) is 4.39 Å². The van der Waals surface area contributed by atoms with Gasteiger partial charge in [0.25, 0.3) is 5.91 Å². The Morgan fingerprint density at radius 2 is 2.25 bits per heavy atom. The molecule has 0 bridgehead atoms. The van der Waals surface area contributed by atoms with Crippen molar-refractivity contribution in [2.45, 2.75) is 39.7 Å². The molecule has 0 saturated heterocycles. The van der Waals surface area contributed by atoms with Crippen molar-refractivity contribution in [2.75, 3.05) is 6.54 Å². The second kappa shape index (κ2) is 6.63. The molecule has 1 aromatic heterocycles. The number of hydrogen-bond donors (Lipinski definition) is 1. The second-order valence-corrected chi connectivity index (χ2v) is 6.55. The summed E-state index contributed by atoms with van der Waals surface area (Å²) in [5.41, 5.74) is 0.873. The van der Waals surface area contributed by atoms with Crippen molar-refractivity contribution in [1.29, 1.82) is 0 Å². The van der Waals surface area contributed by atoms with Gasteiger partial charge in [0, 0.05) is 25.5 Å². The number of rotatable bonds is 4. The third-order valence-electron chi connectivity index (χ3n) is 4.18. The van der Waals surface area contributed by atoms with E-state index in [0.29, 0.717) is 31.3 Å². The number of halogens is 1. The molecule has 0 atom stereocenters. The zero-order chi connectivity index (χ0) is 17.3. The van der Waals surface area contributed by atoms with Gasteiger partial charge in [0.1, 0.15) is 23.0 Å². The number of amides is 1. The second-order valence-electron chi connectivity index (χ2n) is 6.55. The van der Waals surface area contributed by atoms with Crippen molar-refractivity contribution < 1.29 is 18.7 Å². The van der Waals surface area contributed by atoms with Gasteiger partial charge < -0.3 is 14.4 Å². The highest BCUT2D eigenvalue weighted by atomic mass is 19.1. The predicted molar refractivity (Wildman–Crippen MR) is 86.2 cm³/mol. The molecule has 24 heavy (non-hydrogen) atoms. The third kappa shape index (κ3) is 3.42. The predicted octanol–water partition coefficient (Wildman–Crippen LogP) is 3.31. The van der Waals surface area contributed by atoms with Crippen LogP contribution in [0, 0.1) is 11.7 Å². The van der Waals surface area contributed by atoms with Gasteiger partial charge in [0.2, 0.25) is 0 Å². The molecule has 0 fully saturated rings. The molecule has 1 aromatic carbocycles. The van der Waals surface area contributed by atoms with E-state index in [1.807, 2.05) is 0 Å². The Balaban J connectivity index is 1.73. The Hall–Kier alpha value is -2.37. The van der Waals surface area contributed by atoms with Crippen LogP contribution >= 0.6 is 0 Å². The number of oxazole rings is 1. The van der Waals surface area contributed by atoms with E-state index >= 15 is 0 Å². The summed E-state index contributed by atoms with van der Waals surface area (Å²) < 4.78 is 18.9. The number of phenols is 1. The molecule has 1 aliphatic rings. The van der Waals surface area contributed by atoms with Crippen LogP contribution in [-0.2, 0) is 19.4 Å². The van der Waals surface area contributed by atoms with Crippen LogP contribution in [0.15, 0.2) is 22.6 Å². The first-order valence-electron chi connectivity index (χ1n) is 8.19. The van der Waals surface area contributed by atoms with Crippen molar-refractivity contribution in [3.63, 3.8) is 0 Å². The Kier molecular flexibility index (Phi) is 4.55. The number of aryl methyl sites for hydroxylation is 1. The zero-order valence-corrected chi connectivity index (χ0v) is 13.9. The fraction of sp³-hybridized carbons (Fsp3) is 0.444. The lowest BCUT2D eigenvalue weighted by atomic mass is 10.1. The summed E-state index contributed by atoms with van der Waals surface area (Å²) in [6, 6.07) is 3.42. The number of hydrogen-bond acceptors (Lipinski definition) is 4. The van der Waals surface area contributed by atoms with Crippen LogP contribution in [0.2, 0.25) is 0 Å². The number of aromatic nitrogens is 1. The summed E-state index contributed by atoms with van der Waals surface area (Å²) in [7, 11) is 0. The SMILES string of the molecule is CC(C)CCc1nc2c(o1)CCN(C(=O)c1ccc(F)cc1O)C2. The van der Waals surface area contributed by atoms with E-state index < -0.39 is 5.82 Å². The first-order chi connectivity index (χ1) is 11.4. The topological polar surface area (TPSA) is 66.6 Å². The van der Waals surface area contributed by atoms with E-state index in [1.54, 1.807) is 4.90 Å². The van der Waals surface area contributed by atoms with Gasteiger partial charge in [-0.25, -0.2) is 9.37 Å². The number of aromatic hydroxyl groups is 1. The molecule has 1 amide bonds. The maximum atomic E-state index is 13.1. The van der Waals surface area contributed by atoms with Gasteiger partial charge in [-0.15, -0.1) is 0 Å². The molecule has 128 valence electrons.